The van der Waals surface area contributed by atoms with Gasteiger partial charge in [0.1, 0.15) is 0 Å². The van der Waals surface area contributed by atoms with Crippen molar-refractivity contribution in [1.82, 2.24) is 9.80 Å². The fourth-order valence-electron chi connectivity index (χ4n) is 2.00. The van der Waals surface area contributed by atoms with Gasteiger partial charge in [0.15, 0.2) is 0 Å². The van der Waals surface area contributed by atoms with E-state index in [-0.39, 0.29) is 0 Å². The fourth-order valence-corrected chi connectivity index (χ4v) is 2.00. The van der Waals surface area contributed by atoms with Crippen LogP contribution in [0.4, 0.5) is 0 Å². The van der Waals surface area contributed by atoms with Crippen molar-refractivity contribution in [2.45, 2.75) is 25.7 Å². The third kappa shape index (κ3) is 10.9. The van der Waals surface area contributed by atoms with Crippen molar-refractivity contribution < 1.29 is 0 Å². The van der Waals surface area contributed by atoms with Gasteiger partial charge >= 0.3 is 0 Å². The third-order valence-electron chi connectivity index (χ3n) is 3.12. The first-order valence-corrected chi connectivity index (χ1v) is 7.25. The van der Waals surface area contributed by atoms with E-state index < -0.39 is 0 Å². The number of rotatable bonds is 13. The van der Waals surface area contributed by atoms with Crippen molar-refractivity contribution in [3.63, 3.8) is 0 Å². The molecule has 0 bridgehead atoms. The van der Waals surface area contributed by atoms with Gasteiger partial charge in [-0.2, -0.15) is 0 Å². The molecule has 0 aromatic carbocycles. The van der Waals surface area contributed by atoms with Crippen LogP contribution in [0.25, 0.3) is 0 Å². The maximum absolute atomic E-state index is 5.57. The summed E-state index contributed by atoms with van der Waals surface area (Å²) in [6.45, 7) is 7.91. The van der Waals surface area contributed by atoms with Gasteiger partial charge in [0.2, 0.25) is 0 Å². The van der Waals surface area contributed by atoms with Gasteiger partial charge in [-0.05, 0) is 85.1 Å². The number of nitrogens with zero attached hydrogens (tertiary/aromatic N) is 2. The Bertz CT molecular complexity index is 157. The van der Waals surface area contributed by atoms with Crippen LogP contribution in [0, 0.1) is 0 Å². The normalized spacial score (nSPS) is 11.7. The molecule has 0 radical (unpaired) electrons. The summed E-state index contributed by atoms with van der Waals surface area (Å²) in [4.78, 5) is 4.84. The highest BCUT2D eigenvalue weighted by Gasteiger charge is 2.04. The van der Waals surface area contributed by atoms with E-state index in [1.807, 2.05) is 0 Å². The Kier molecular flexibility index (Phi) is 13.1. The Morgan fingerprint density at radius 1 is 0.611 bits per heavy atom. The van der Waals surface area contributed by atoms with Crippen LogP contribution in [0.2, 0.25) is 0 Å². The molecule has 0 amide bonds. The Morgan fingerprint density at radius 2 is 1.00 bits per heavy atom. The fraction of sp³-hybridized carbons (Fsp3) is 1.00. The first-order valence-electron chi connectivity index (χ1n) is 7.25. The molecular formula is C13H33N5. The Labute approximate surface area is 113 Å². The summed E-state index contributed by atoms with van der Waals surface area (Å²) in [6, 6.07) is 0. The quantitative estimate of drug-likeness (QED) is 0.421. The summed E-state index contributed by atoms with van der Waals surface area (Å²) >= 11 is 0. The Morgan fingerprint density at radius 3 is 1.50 bits per heavy atom. The SMILES string of the molecule is CN(CCCN)CCCN(CCCN)CCCN. The smallest absolute Gasteiger partial charge is 0.000653 e. The topological polar surface area (TPSA) is 84.5 Å². The summed E-state index contributed by atoms with van der Waals surface area (Å²) in [5.41, 5.74) is 16.6. The van der Waals surface area contributed by atoms with Crippen molar-refractivity contribution in [3.8, 4) is 0 Å². The molecule has 0 aromatic rings. The molecule has 18 heavy (non-hydrogen) atoms. The van der Waals surface area contributed by atoms with Gasteiger partial charge in [0.05, 0.1) is 0 Å². The average Bonchev–Trinajstić information content (AvgIpc) is 2.38. The summed E-state index contributed by atoms with van der Waals surface area (Å²) in [7, 11) is 2.17. The predicted octanol–water partition coefficient (Wildman–Crippen LogP) is -0.343. The van der Waals surface area contributed by atoms with Gasteiger partial charge in [-0.1, -0.05) is 0 Å². The second kappa shape index (κ2) is 13.2. The zero-order chi connectivity index (χ0) is 13.6. The molecule has 110 valence electrons. The van der Waals surface area contributed by atoms with Crippen molar-refractivity contribution in [2.24, 2.45) is 17.2 Å². The lowest BCUT2D eigenvalue weighted by molar-refractivity contribution is 0.242. The maximum Gasteiger partial charge on any atom is -0.000653 e. The van der Waals surface area contributed by atoms with Gasteiger partial charge in [0, 0.05) is 0 Å². The number of nitrogens with two attached hydrogens (primary N) is 3. The van der Waals surface area contributed by atoms with E-state index in [4.69, 9.17) is 17.2 Å². The summed E-state index contributed by atoms with van der Waals surface area (Å²) < 4.78 is 0. The van der Waals surface area contributed by atoms with Gasteiger partial charge in [-0.25, -0.2) is 0 Å². The minimum absolute atomic E-state index is 0.773. The minimum atomic E-state index is 0.773. The lowest BCUT2D eigenvalue weighted by Gasteiger charge is -2.23. The van der Waals surface area contributed by atoms with E-state index in [1.54, 1.807) is 0 Å². The van der Waals surface area contributed by atoms with Crippen LogP contribution in [0.1, 0.15) is 25.7 Å². The zero-order valence-corrected chi connectivity index (χ0v) is 12.1. The van der Waals surface area contributed by atoms with Gasteiger partial charge in [-0.3, -0.25) is 0 Å². The molecule has 0 fully saturated rings. The second-order valence-corrected chi connectivity index (χ2v) is 4.93. The van der Waals surface area contributed by atoms with Gasteiger partial charge in [-0.15, -0.1) is 0 Å². The van der Waals surface area contributed by atoms with E-state index in [9.17, 15) is 0 Å². The first-order chi connectivity index (χ1) is 8.74. The molecule has 0 spiro atoms. The minimum Gasteiger partial charge on any atom is -0.330 e. The van der Waals surface area contributed by atoms with Crippen LogP contribution in [-0.4, -0.2) is 69.2 Å². The molecule has 0 heterocycles. The van der Waals surface area contributed by atoms with Crippen molar-refractivity contribution >= 4 is 0 Å². The molecule has 6 N–H and O–H groups in total. The molecule has 0 saturated heterocycles. The third-order valence-corrected chi connectivity index (χ3v) is 3.12. The van der Waals surface area contributed by atoms with E-state index in [0.717, 1.165) is 71.6 Å². The van der Waals surface area contributed by atoms with Crippen molar-refractivity contribution in [2.75, 3.05) is 59.4 Å². The highest BCUT2D eigenvalue weighted by atomic mass is 15.1. The molecule has 5 heteroatoms. The molecule has 0 aromatic heterocycles. The monoisotopic (exact) mass is 259 g/mol. The molecule has 0 unspecified atom stereocenters. The predicted molar refractivity (Wildman–Crippen MR) is 79.6 cm³/mol. The maximum atomic E-state index is 5.57. The number of hydrogen-bond acceptors (Lipinski definition) is 5. The summed E-state index contributed by atoms with van der Waals surface area (Å²) in [6.07, 6.45) is 4.44. The Balaban J connectivity index is 3.65. The highest BCUT2D eigenvalue weighted by Crippen LogP contribution is 1.98. The standard InChI is InChI=1S/C13H33N5/c1-17(9-2-6-14)10-5-13-18(11-3-7-15)12-4-8-16/h2-16H2,1H3. The molecule has 0 atom stereocenters. The largest absolute Gasteiger partial charge is 0.330 e. The van der Waals surface area contributed by atoms with Crippen molar-refractivity contribution in [1.29, 1.82) is 0 Å². The molecule has 0 aliphatic heterocycles. The van der Waals surface area contributed by atoms with Crippen LogP contribution in [0.3, 0.4) is 0 Å². The summed E-state index contributed by atoms with van der Waals surface area (Å²) in [5.74, 6) is 0. The molecular weight excluding hydrogens is 226 g/mol. The first kappa shape index (κ1) is 17.8. The van der Waals surface area contributed by atoms with Crippen molar-refractivity contribution in [3.05, 3.63) is 0 Å². The second-order valence-electron chi connectivity index (χ2n) is 4.93. The molecule has 0 saturated carbocycles. The lowest BCUT2D eigenvalue weighted by Crippen LogP contribution is -2.32. The number of hydrogen-bond donors (Lipinski definition) is 3. The van der Waals surface area contributed by atoms with Crippen LogP contribution in [0.5, 0.6) is 0 Å². The van der Waals surface area contributed by atoms with E-state index in [0.29, 0.717) is 0 Å². The average molecular weight is 259 g/mol. The lowest BCUT2D eigenvalue weighted by atomic mass is 10.3. The highest BCUT2D eigenvalue weighted by molar-refractivity contribution is 4.61. The van der Waals surface area contributed by atoms with E-state index in [1.165, 1.54) is 6.42 Å². The van der Waals surface area contributed by atoms with Crippen LogP contribution >= 0.6 is 0 Å². The molecule has 0 rings (SSSR count). The Hall–Kier alpha value is -0.200. The van der Waals surface area contributed by atoms with Gasteiger partial charge < -0.3 is 27.0 Å². The van der Waals surface area contributed by atoms with Crippen LogP contribution in [0.15, 0.2) is 0 Å². The summed E-state index contributed by atoms with van der Waals surface area (Å²) in [5, 5.41) is 0. The molecule has 5 nitrogen and oxygen atoms in total. The van der Waals surface area contributed by atoms with E-state index >= 15 is 0 Å². The molecule has 0 aliphatic carbocycles. The van der Waals surface area contributed by atoms with Crippen LogP contribution in [-0.2, 0) is 0 Å². The molecule has 0 aliphatic rings. The zero-order valence-electron chi connectivity index (χ0n) is 12.1. The van der Waals surface area contributed by atoms with Gasteiger partial charge in [0.25, 0.3) is 0 Å². The van der Waals surface area contributed by atoms with Crippen LogP contribution < -0.4 is 17.2 Å². The van der Waals surface area contributed by atoms with E-state index in [2.05, 4.69) is 16.8 Å².